The van der Waals surface area contributed by atoms with Gasteiger partial charge in [0.15, 0.2) is 5.78 Å². The van der Waals surface area contributed by atoms with Crippen molar-refractivity contribution in [2.75, 3.05) is 0 Å². The largest absolute Gasteiger partial charge is 0.294 e. The molecule has 0 radical (unpaired) electrons. The maximum absolute atomic E-state index is 12.7. The van der Waals surface area contributed by atoms with Crippen LogP contribution in [0.5, 0.6) is 0 Å². The SMILES string of the molecule is Cc1cnc(CC(=O)c2ccc(F)cc2)nc1C. The molecule has 18 heavy (non-hydrogen) atoms. The molecule has 2 rings (SSSR count). The van der Waals surface area contributed by atoms with E-state index in [2.05, 4.69) is 9.97 Å². The maximum atomic E-state index is 12.7. The number of ketones is 1. The molecule has 0 saturated heterocycles. The molecule has 0 unspecified atom stereocenters. The summed E-state index contributed by atoms with van der Waals surface area (Å²) < 4.78 is 12.7. The fraction of sp³-hybridized carbons (Fsp3) is 0.214. The summed E-state index contributed by atoms with van der Waals surface area (Å²) in [6, 6.07) is 5.49. The van der Waals surface area contributed by atoms with Gasteiger partial charge in [0, 0.05) is 17.5 Å². The van der Waals surface area contributed by atoms with Crippen LogP contribution in [0.25, 0.3) is 0 Å². The van der Waals surface area contributed by atoms with Crippen molar-refractivity contribution < 1.29 is 9.18 Å². The van der Waals surface area contributed by atoms with Gasteiger partial charge in [-0.1, -0.05) is 0 Å². The highest BCUT2D eigenvalue weighted by Crippen LogP contribution is 2.08. The standard InChI is InChI=1S/C14H13FN2O/c1-9-8-16-14(17-10(9)2)7-13(18)11-3-5-12(15)6-4-11/h3-6,8H,7H2,1-2H3. The lowest BCUT2D eigenvalue weighted by atomic mass is 10.1. The summed E-state index contributed by atoms with van der Waals surface area (Å²) >= 11 is 0. The third-order valence-electron chi connectivity index (χ3n) is 2.76. The third kappa shape index (κ3) is 2.77. The Morgan fingerprint density at radius 2 is 1.89 bits per heavy atom. The van der Waals surface area contributed by atoms with Gasteiger partial charge in [-0.05, 0) is 43.7 Å². The number of nitrogens with zero attached hydrogens (tertiary/aromatic N) is 2. The molecule has 1 heterocycles. The Morgan fingerprint density at radius 3 is 2.50 bits per heavy atom. The number of halogens is 1. The molecule has 0 bridgehead atoms. The van der Waals surface area contributed by atoms with Crippen LogP contribution in [0.15, 0.2) is 30.5 Å². The molecule has 3 nitrogen and oxygen atoms in total. The molecule has 4 heteroatoms. The number of aromatic nitrogens is 2. The van der Waals surface area contributed by atoms with Crippen LogP contribution in [-0.2, 0) is 6.42 Å². The van der Waals surface area contributed by atoms with Crippen molar-refractivity contribution in [1.29, 1.82) is 0 Å². The van der Waals surface area contributed by atoms with Crippen LogP contribution in [0.4, 0.5) is 4.39 Å². The maximum Gasteiger partial charge on any atom is 0.170 e. The Balaban J connectivity index is 2.16. The van der Waals surface area contributed by atoms with Crippen LogP contribution in [-0.4, -0.2) is 15.8 Å². The first-order valence-electron chi connectivity index (χ1n) is 5.64. The van der Waals surface area contributed by atoms with Crippen LogP contribution in [0.3, 0.4) is 0 Å². The second-order valence-electron chi connectivity index (χ2n) is 4.16. The predicted octanol–water partition coefficient (Wildman–Crippen LogP) is 2.66. The molecular formula is C14H13FN2O. The van der Waals surface area contributed by atoms with Crippen LogP contribution in [0.2, 0.25) is 0 Å². The minimum Gasteiger partial charge on any atom is -0.294 e. The summed E-state index contributed by atoms with van der Waals surface area (Å²) in [7, 11) is 0. The summed E-state index contributed by atoms with van der Waals surface area (Å²) in [4.78, 5) is 20.3. The van der Waals surface area contributed by atoms with Crippen molar-refractivity contribution in [1.82, 2.24) is 9.97 Å². The smallest absolute Gasteiger partial charge is 0.170 e. The Hall–Kier alpha value is -2.10. The highest BCUT2D eigenvalue weighted by Gasteiger charge is 2.09. The summed E-state index contributed by atoms with van der Waals surface area (Å²) in [6.45, 7) is 3.80. The van der Waals surface area contributed by atoms with Crippen LogP contribution < -0.4 is 0 Å². The van der Waals surface area contributed by atoms with Gasteiger partial charge in [0.1, 0.15) is 11.6 Å². The Kier molecular flexibility index (Phi) is 3.46. The molecule has 0 atom stereocenters. The zero-order chi connectivity index (χ0) is 13.1. The highest BCUT2D eigenvalue weighted by molar-refractivity contribution is 5.97. The van der Waals surface area contributed by atoms with Crippen molar-refractivity contribution >= 4 is 5.78 Å². The third-order valence-corrected chi connectivity index (χ3v) is 2.76. The second-order valence-corrected chi connectivity index (χ2v) is 4.16. The highest BCUT2D eigenvalue weighted by atomic mass is 19.1. The van der Waals surface area contributed by atoms with E-state index in [1.165, 1.54) is 24.3 Å². The average molecular weight is 244 g/mol. The number of rotatable bonds is 3. The lowest BCUT2D eigenvalue weighted by Crippen LogP contribution is -2.08. The minimum atomic E-state index is -0.353. The van der Waals surface area contributed by atoms with Gasteiger partial charge in [0.25, 0.3) is 0 Å². The molecule has 0 N–H and O–H groups in total. The van der Waals surface area contributed by atoms with Crippen molar-refractivity contribution in [2.24, 2.45) is 0 Å². The fourth-order valence-corrected chi connectivity index (χ4v) is 1.54. The van der Waals surface area contributed by atoms with Crippen LogP contribution in [0.1, 0.15) is 27.4 Å². The van der Waals surface area contributed by atoms with Crippen LogP contribution in [0, 0.1) is 19.7 Å². The van der Waals surface area contributed by atoms with E-state index in [-0.39, 0.29) is 18.0 Å². The van der Waals surface area contributed by atoms with Gasteiger partial charge >= 0.3 is 0 Å². The topological polar surface area (TPSA) is 42.9 Å². The van der Waals surface area contributed by atoms with E-state index in [1.807, 2.05) is 13.8 Å². The molecule has 0 spiro atoms. The molecule has 2 aromatic rings. The number of carbonyl (C=O) groups is 1. The molecule has 1 aromatic carbocycles. The molecular weight excluding hydrogens is 231 g/mol. The second kappa shape index (κ2) is 5.04. The number of hydrogen-bond donors (Lipinski definition) is 0. The van der Waals surface area contributed by atoms with Gasteiger partial charge in [-0.15, -0.1) is 0 Å². The Labute approximate surface area is 105 Å². The van der Waals surface area contributed by atoms with Crippen molar-refractivity contribution in [3.8, 4) is 0 Å². The van der Waals surface area contributed by atoms with E-state index in [9.17, 15) is 9.18 Å². The molecule has 0 aliphatic rings. The van der Waals surface area contributed by atoms with Gasteiger partial charge < -0.3 is 0 Å². The normalized spacial score (nSPS) is 10.4. The van der Waals surface area contributed by atoms with Crippen LogP contribution >= 0.6 is 0 Å². The lowest BCUT2D eigenvalue weighted by molar-refractivity contribution is 0.0990. The quantitative estimate of drug-likeness (QED) is 0.779. The van der Waals surface area contributed by atoms with Gasteiger partial charge in [-0.2, -0.15) is 0 Å². The number of hydrogen-bond acceptors (Lipinski definition) is 3. The van der Waals surface area contributed by atoms with Gasteiger partial charge in [0.05, 0.1) is 6.42 Å². The first-order valence-corrected chi connectivity index (χ1v) is 5.64. The average Bonchev–Trinajstić information content (AvgIpc) is 2.34. The van der Waals surface area contributed by atoms with Crippen molar-refractivity contribution in [3.63, 3.8) is 0 Å². The summed E-state index contributed by atoms with van der Waals surface area (Å²) in [5, 5.41) is 0. The minimum absolute atomic E-state index is 0.113. The molecule has 0 amide bonds. The van der Waals surface area contributed by atoms with E-state index in [1.54, 1.807) is 6.20 Å². The first kappa shape index (κ1) is 12.4. The van der Waals surface area contributed by atoms with E-state index in [4.69, 9.17) is 0 Å². The Bertz CT molecular complexity index is 579. The number of aryl methyl sites for hydroxylation is 2. The van der Waals surface area contributed by atoms with E-state index < -0.39 is 0 Å². The molecule has 0 fully saturated rings. The molecule has 0 aliphatic carbocycles. The summed E-state index contributed by atoms with van der Waals surface area (Å²) in [6.07, 6.45) is 1.84. The molecule has 0 saturated carbocycles. The molecule has 92 valence electrons. The van der Waals surface area contributed by atoms with E-state index in [0.717, 1.165) is 11.3 Å². The van der Waals surface area contributed by atoms with E-state index in [0.29, 0.717) is 11.4 Å². The Morgan fingerprint density at radius 1 is 1.22 bits per heavy atom. The summed E-state index contributed by atoms with van der Waals surface area (Å²) in [5.41, 5.74) is 2.33. The predicted molar refractivity (Wildman–Crippen MR) is 65.9 cm³/mol. The monoisotopic (exact) mass is 244 g/mol. The zero-order valence-corrected chi connectivity index (χ0v) is 10.3. The zero-order valence-electron chi connectivity index (χ0n) is 10.3. The molecule has 1 aromatic heterocycles. The van der Waals surface area contributed by atoms with Gasteiger partial charge in [-0.3, -0.25) is 4.79 Å². The summed E-state index contributed by atoms with van der Waals surface area (Å²) in [5.74, 6) is 0.0275. The fourth-order valence-electron chi connectivity index (χ4n) is 1.54. The van der Waals surface area contributed by atoms with Gasteiger partial charge in [-0.25, -0.2) is 14.4 Å². The van der Waals surface area contributed by atoms with Crippen molar-refractivity contribution in [3.05, 3.63) is 58.9 Å². The van der Waals surface area contributed by atoms with Crippen molar-refractivity contribution in [2.45, 2.75) is 20.3 Å². The first-order chi connectivity index (χ1) is 8.56. The van der Waals surface area contributed by atoms with E-state index >= 15 is 0 Å². The van der Waals surface area contributed by atoms with Gasteiger partial charge in [0.2, 0.25) is 0 Å². The molecule has 0 aliphatic heterocycles. The lowest BCUT2D eigenvalue weighted by Gasteiger charge is -2.03. The number of benzene rings is 1. The number of Topliss-reactive ketones (excluding diaryl/α,β-unsaturated/α-hetero) is 1. The number of carbonyl (C=O) groups excluding carboxylic acids is 1.